The average molecular weight is 560 g/mol. The van der Waals surface area contributed by atoms with E-state index in [0.29, 0.717) is 16.7 Å². The van der Waals surface area contributed by atoms with Crippen LogP contribution in [-0.4, -0.2) is 27.8 Å². The van der Waals surface area contributed by atoms with Gasteiger partial charge in [0.15, 0.2) is 5.71 Å². The lowest BCUT2D eigenvalue weighted by Crippen LogP contribution is -2.16. The number of aromatic hydroxyl groups is 1. The minimum Gasteiger partial charge on any atom is -0.505 e. The number of anilines is 2. The molecule has 0 unspecified atom stereocenters. The van der Waals surface area contributed by atoms with Gasteiger partial charge in [0.05, 0.1) is 22.5 Å². The Morgan fingerprint density at radius 3 is 2.37 bits per heavy atom. The van der Waals surface area contributed by atoms with Crippen LogP contribution in [0.25, 0.3) is 22.3 Å². The van der Waals surface area contributed by atoms with Crippen molar-refractivity contribution in [3.8, 4) is 28.0 Å². The smallest absolute Gasteiger partial charge is 0.417 e. The molecule has 4 N–H and O–H groups in total. The predicted molar refractivity (Wildman–Crippen MR) is 150 cm³/mol. The number of carbonyl (C=O) groups is 2. The molecule has 41 heavy (non-hydrogen) atoms. The number of nitrogens with zero attached hydrogens (tertiary/aromatic N) is 1. The van der Waals surface area contributed by atoms with Gasteiger partial charge < -0.3 is 15.5 Å². The van der Waals surface area contributed by atoms with Crippen molar-refractivity contribution in [2.75, 3.05) is 10.7 Å². The van der Waals surface area contributed by atoms with Gasteiger partial charge in [-0.3, -0.25) is 10.2 Å². The zero-order valence-electron chi connectivity index (χ0n) is 21.7. The zero-order valence-corrected chi connectivity index (χ0v) is 21.7. The molecule has 4 aromatic rings. The number of aromatic carboxylic acids is 1. The van der Waals surface area contributed by atoms with Crippen LogP contribution in [0.5, 0.6) is 5.75 Å². The standard InChI is InChI=1S/C31H24F3N3O4/c1-2-5-17-10-12-18(13-11-17)25-23(31(32,33)34)15-14-22-26(25)35-29(39)27(22)37-36-24-9-4-8-21(28(24)38)19-6-3-7-20(16-19)30(40)41/h3-4,6-16,36,38H,2,5H2,1H3,(H,40,41)(H,35,37,39). The van der Waals surface area contributed by atoms with Crippen molar-refractivity contribution >= 4 is 29.0 Å². The molecule has 0 aliphatic carbocycles. The molecular formula is C31H24F3N3O4. The van der Waals surface area contributed by atoms with Gasteiger partial charge in [-0.15, -0.1) is 0 Å². The number of alkyl halides is 3. The summed E-state index contributed by atoms with van der Waals surface area (Å²) < 4.78 is 42.1. The van der Waals surface area contributed by atoms with Crippen molar-refractivity contribution in [1.29, 1.82) is 0 Å². The normalized spacial score (nSPS) is 13.7. The van der Waals surface area contributed by atoms with E-state index in [0.717, 1.165) is 24.5 Å². The third-order valence-electron chi connectivity index (χ3n) is 6.75. The number of hydrogen-bond donors (Lipinski definition) is 4. The quantitative estimate of drug-likeness (QED) is 0.142. The number of aryl methyl sites for hydroxylation is 1. The van der Waals surface area contributed by atoms with Gasteiger partial charge in [-0.2, -0.15) is 18.3 Å². The highest BCUT2D eigenvalue weighted by Crippen LogP contribution is 2.45. The third-order valence-corrected chi connectivity index (χ3v) is 6.75. The van der Waals surface area contributed by atoms with Crippen LogP contribution in [0.2, 0.25) is 0 Å². The van der Waals surface area contributed by atoms with E-state index < -0.39 is 23.6 Å². The van der Waals surface area contributed by atoms with Crippen LogP contribution >= 0.6 is 0 Å². The first-order chi connectivity index (χ1) is 19.6. The van der Waals surface area contributed by atoms with E-state index in [9.17, 15) is 33.0 Å². The molecule has 5 rings (SSSR count). The number of carbonyl (C=O) groups excluding carboxylic acids is 1. The maximum atomic E-state index is 14.0. The Labute approximate surface area is 233 Å². The van der Waals surface area contributed by atoms with Crippen LogP contribution in [0.4, 0.5) is 24.5 Å². The number of benzene rings is 4. The second-order valence-corrected chi connectivity index (χ2v) is 9.47. The maximum absolute atomic E-state index is 14.0. The molecule has 4 aromatic carbocycles. The van der Waals surface area contributed by atoms with Gasteiger partial charge in [-0.1, -0.05) is 61.9 Å². The highest BCUT2D eigenvalue weighted by atomic mass is 19.4. The van der Waals surface area contributed by atoms with Crippen molar-refractivity contribution in [2.24, 2.45) is 5.10 Å². The van der Waals surface area contributed by atoms with Gasteiger partial charge in [0.1, 0.15) is 5.75 Å². The third kappa shape index (κ3) is 5.36. The SMILES string of the molecule is CCCc1ccc(-c2c(C(F)(F)F)ccc3c2NC(=O)C3=NNc2cccc(-c3cccc(C(=O)O)c3)c2O)cc1. The van der Waals surface area contributed by atoms with E-state index in [1.54, 1.807) is 48.5 Å². The van der Waals surface area contributed by atoms with Gasteiger partial charge in [0, 0.05) is 16.7 Å². The lowest BCUT2D eigenvalue weighted by Gasteiger charge is -2.17. The first-order valence-corrected chi connectivity index (χ1v) is 12.7. The fourth-order valence-corrected chi connectivity index (χ4v) is 4.80. The van der Waals surface area contributed by atoms with Crippen LogP contribution in [-0.2, 0) is 17.4 Å². The molecule has 0 saturated heterocycles. The molecule has 0 aromatic heterocycles. The number of hydrazone groups is 1. The summed E-state index contributed by atoms with van der Waals surface area (Å²) in [5, 5.41) is 26.9. The largest absolute Gasteiger partial charge is 0.505 e. The maximum Gasteiger partial charge on any atom is 0.417 e. The predicted octanol–water partition coefficient (Wildman–Crippen LogP) is 7.16. The number of nitrogens with one attached hydrogen (secondary N) is 2. The Morgan fingerprint density at radius 1 is 0.951 bits per heavy atom. The Morgan fingerprint density at radius 2 is 1.68 bits per heavy atom. The summed E-state index contributed by atoms with van der Waals surface area (Å²) in [7, 11) is 0. The summed E-state index contributed by atoms with van der Waals surface area (Å²) in [5.74, 6) is -2.08. The summed E-state index contributed by atoms with van der Waals surface area (Å²) >= 11 is 0. The second kappa shape index (κ2) is 10.8. The van der Waals surface area contributed by atoms with Gasteiger partial charge in [0.2, 0.25) is 0 Å². The van der Waals surface area contributed by atoms with E-state index in [-0.39, 0.29) is 39.5 Å². The molecular weight excluding hydrogens is 535 g/mol. The number of carboxylic acid groups (broad SMARTS) is 1. The van der Waals surface area contributed by atoms with E-state index in [1.165, 1.54) is 24.3 Å². The van der Waals surface area contributed by atoms with Crippen molar-refractivity contribution in [2.45, 2.75) is 25.9 Å². The number of phenols is 1. The van der Waals surface area contributed by atoms with Crippen molar-refractivity contribution in [3.05, 3.63) is 101 Å². The van der Waals surface area contributed by atoms with Crippen LogP contribution < -0.4 is 10.7 Å². The summed E-state index contributed by atoms with van der Waals surface area (Å²) in [5.41, 5.74) is 3.81. The van der Waals surface area contributed by atoms with Gasteiger partial charge in [-0.05, 0) is 53.4 Å². The summed E-state index contributed by atoms with van der Waals surface area (Å²) in [4.78, 5) is 24.3. The molecule has 208 valence electrons. The Balaban J connectivity index is 1.54. The number of hydrogen-bond acceptors (Lipinski definition) is 5. The molecule has 1 aliphatic rings. The first-order valence-electron chi connectivity index (χ1n) is 12.7. The van der Waals surface area contributed by atoms with Crippen molar-refractivity contribution < 1.29 is 33.0 Å². The topological polar surface area (TPSA) is 111 Å². The second-order valence-electron chi connectivity index (χ2n) is 9.47. The zero-order chi connectivity index (χ0) is 29.3. The Bertz CT molecular complexity index is 1700. The fraction of sp³-hybridized carbons (Fsp3) is 0.129. The Kier molecular flexibility index (Phi) is 7.23. The molecule has 1 aliphatic heterocycles. The lowest BCUT2D eigenvalue weighted by atomic mass is 9.93. The molecule has 0 fully saturated rings. The number of amides is 1. The number of halogens is 3. The van der Waals surface area contributed by atoms with Gasteiger partial charge in [-0.25, -0.2) is 4.79 Å². The van der Waals surface area contributed by atoms with Crippen LogP contribution in [0, 0.1) is 0 Å². The van der Waals surface area contributed by atoms with E-state index in [1.807, 2.05) is 6.92 Å². The average Bonchev–Trinajstić information content (AvgIpc) is 3.27. The Hall–Kier alpha value is -5.12. The van der Waals surface area contributed by atoms with Crippen LogP contribution in [0.1, 0.15) is 40.4 Å². The highest BCUT2D eigenvalue weighted by molar-refractivity contribution is 6.54. The molecule has 1 amide bonds. The number of fused-ring (bicyclic) bond motifs is 1. The summed E-state index contributed by atoms with van der Waals surface area (Å²) in [6.45, 7) is 2.01. The van der Waals surface area contributed by atoms with E-state index >= 15 is 0 Å². The molecule has 0 radical (unpaired) electrons. The lowest BCUT2D eigenvalue weighted by molar-refractivity contribution is -0.137. The minimum absolute atomic E-state index is 0.00271. The molecule has 0 atom stereocenters. The number of para-hydroxylation sites is 1. The number of rotatable bonds is 7. The van der Waals surface area contributed by atoms with Crippen molar-refractivity contribution in [1.82, 2.24) is 0 Å². The monoisotopic (exact) mass is 559 g/mol. The molecule has 0 spiro atoms. The van der Waals surface area contributed by atoms with Crippen molar-refractivity contribution in [3.63, 3.8) is 0 Å². The number of carboxylic acids is 1. The van der Waals surface area contributed by atoms with Crippen LogP contribution in [0.3, 0.4) is 0 Å². The summed E-state index contributed by atoms with van der Waals surface area (Å²) in [6.07, 6.45) is -2.99. The van der Waals surface area contributed by atoms with Gasteiger partial charge >= 0.3 is 12.1 Å². The van der Waals surface area contributed by atoms with E-state index in [2.05, 4.69) is 15.8 Å². The highest BCUT2D eigenvalue weighted by Gasteiger charge is 2.39. The van der Waals surface area contributed by atoms with E-state index in [4.69, 9.17) is 0 Å². The molecule has 0 saturated carbocycles. The fourth-order valence-electron chi connectivity index (χ4n) is 4.80. The molecule has 10 heteroatoms. The number of phenolic OH excluding ortho intramolecular Hbond substituents is 1. The summed E-state index contributed by atoms with van der Waals surface area (Å²) in [6, 6.07) is 19.6. The molecule has 1 heterocycles. The minimum atomic E-state index is -4.67. The van der Waals surface area contributed by atoms with Crippen LogP contribution in [0.15, 0.2) is 84.0 Å². The first kappa shape index (κ1) is 27.4. The molecule has 7 nitrogen and oxygen atoms in total. The van der Waals surface area contributed by atoms with Gasteiger partial charge in [0.25, 0.3) is 5.91 Å². The molecule has 0 bridgehead atoms.